The summed E-state index contributed by atoms with van der Waals surface area (Å²) in [5.74, 6) is -3.59. The average Bonchev–Trinajstić information content (AvgIpc) is 2.68. The lowest BCUT2D eigenvalue weighted by molar-refractivity contribution is -0.143. The largest absolute Gasteiger partial charge is 0.480 e. The van der Waals surface area contributed by atoms with E-state index in [0.29, 0.717) is 19.4 Å². The number of carboxylic acid groups (broad SMARTS) is 1. The molecule has 3 amide bonds. The van der Waals surface area contributed by atoms with E-state index in [0.717, 1.165) is 0 Å². The zero-order chi connectivity index (χ0) is 25.0. The van der Waals surface area contributed by atoms with Gasteiger partial charge in [-0.25, -0.2) is 4.79 Å². The van der Waals surface area contributed by atoms with Crippen molar-refractivity contribution in [3.63, 3.8) is 0 Å². The van der Waals surface area contributed by atoms with E-state index in [1.165, 1.54) is 13.8 Å². The van der Waals surface area contributed by atoms with Crippen LogP contribution >= 0.6 is 0 Å². The molecule has 0 rings (SSSR count). The standard InChI is InChI=1S/C20H39N5O7/c1-10(2)9-14(20(31)32)24-17(28)13(7-5-6-8-21)23-19(30)16(12(4)27)25-18(29)15(22)11(3)26/h10-16,26-27H,5-9,21-22H2,1-4H3,(H,23,30)(H,24,28)(H,25,29)(H,31,32). The molecule has 6 atom stereocenters. The molecule has 0 radical (unpaired) electrons. The van der Waals surface area contributed by atoms with E-state index in [9.17, 15) is 34.5 Å². The second-order valence-electron chi connectivity index (χ2n) is 8.37. The highest BCUT2D eigenvalue weighted by molar-refractivity contribution is 5.94. The van der Waals surface area contributed by atoms with Crippen LogP contribution < -0.4 is 27.4 Å². The molecule has 10 N–H and O–H groups in total. The van der Waals surface area contributed by atoms with E-state index in [1.54, 1.807) is 0 Å². The lowest BCUT2D eigenvalue weighted by Gasteiger charge is -2.27. The zero-order valence-corrected chi connectivity index (χ0v) is 19.2. The smallest absolute Gasteiger partial charge is 0.326 e. The van der Waals surface area contributed by atoms with Gasteiger partial charge in [-0.2, -0.15) is 0 Å². The van der Waals surface area contributed by atoms with Gasteiger partial charge in [0.25, 0.3) is 0 Å². The molecule has 0 aliphatic carbocycles. The minimum absolute atomic E-state index is 0.00892. The number of hydrogen-bond donors (Lipinski definition) is 8. The van der Waals surface area contributed by atoms with Crippen LogP contribution in [0.4, 0.5) is 0 Å². The lowest BCUT2D eigenvalue weighted by Crippen LogP contribution is -2.60. The number of carbonyl (C=O) groups excluding carboxylic acids is 3. The third kappa shape index (κ3) is 10.8. The molecule has 0 aromatic rings. The molecule has 0 heterocycles. The third-order valence-electron chi connectivity index (χ3n) is 4.79. The number of carboxylic acids is 1. The third-order valence-corrected chi connectivity index (χ3v) is 4.79. The van der Waals surface area contributed by atoms with Gasteiger partial charge in [-0.1, -0.05) is 13.8 Å². The van der Waals surface area contributed by atoms with Gasteiger partial charge >= 0.3 is 5.97 Å². The number of amides is 3. The van der Waals surface area contributed by atoms with Crippen LogP contribution in [0.1, 0.15) is 53.4 Å². The number of aliphatic hydroxyl groups is 2. The van der Waals surface area contributed by atoms with Crippen LogP contribution in [0.2, 0.25) is 0 Å². The van der Waals surface area contributed by atoms with Crippen molar-refractivity contribution >= 4 is 23.7 Å². The van der Waals surface area contributed by atoms with Gasteiger partial charge in [-0.3, -0.25) is 14.4 Å². The first-order valence-electron chi connectivity index (χ1n) is 10.8. The highest BCUT2D eigenvalue weighted by Crippen LogP contribution is 2.08. The molecule has 0 spiro atoms. The molecule has 12 heteroatoms. The van der Waals surface area contributed by atoms with Crippen LogP contribution in [-0.2, 0) is 19.2 Å². The molecule has 0 aromatic heterocycles. The Hall–Kier alpha value is -2.28. The van der Waals surface area contributed by atoms with Crippen molar-refractivity contribution in [2.24, 2.45) is 17.4 Å². The molecule has 6 unspecified atom stereocenters. The number of nitrogens with two attached hydrogens (primary N) is 2. The number of carbonyl (C=O) groups is 4. The highest BCUT2D eigenvalue weighted by Gasteiger charge is 2.33. The zero-order valence-electron chi connectivity index (χ0n) is 19.2. The van der Waals surface area contributed by atoms with Crippen molar-refractivity contribution in [2.75, 3.05) is 6.54 Å². The van der Waals surface area contributed by atoms with E-state index in [4.69, 9.17) is 11.5 Å². The van der Waals surface area contributed by atoms with Gasteiger partial charge in [-0.05, 0) is 52.0 Å². The maximum absolute atomic E-state index is 12.8. The molecule has 0 aromatic carbocycles. The predicted octanol–water partition coefficient (Wildman–Crippen LogP) is -2.21. The molecule has 0 saturated carbocycles. The summed E-state index contributed by atoms with van der Waals surface area (Å²) < 4.78 is 0. The Balaban J connectivity index is 5.45. The minimum Gasteiger partial charge on any atom is -0.480 e. The van der Waals surface area contributed by atoms with Gasteiger partial charge in [0.2, 0.25) is 17.7 Å². The summed E-state index contributed by atoms with van der Waals surface area (Å²) in [6.07, 6.45) is -1.08. The number of rotatable bonds is 15. The topological polar surface area (TPSA) is 217 Å². The van der Waals surface area contributed by atoms with Crippen LogP contribution in [0.25, 0.3) is 0 Å². The molecule has 186 valence electrons. The average molecular weight is 462 g/mol. The van der Waals surface area contributed by atoms with E-state index in [1.807, 2.05) is 13.8 Å². The van der Waals surface area contributed by atoms with Crippen molar-refractivity contribution in [1.82, 2.24) is 16.0 Å². The van der Waals surface area contributed by atoms with E-state index in [-0.39, 0.29) is 18.8 Å². The van der Waals surface area contributed by atoms with Gasteiger partial charge < -0.3 is 42.7 Å². The Kier molecular flexibility index (Phi) is 13.7. The van der Waals surface area contributed by atoms with Gasteiger partial charge in [0, 0.05) is 0 Å². The maximum Gasteiger partial charge on any atom is 0.326 e. The molecule has 0 aliphatic rings. The summed E-state index contributed by atoms with van der Waals surface area (Å²) in [5, 5.41) is 35.9. The Labute approximate surface area is 188 Å². The molecule has 0 aliphatic heterocycles. The van der Waals surface area contributed by atoms with Crippen molar-refractivity contribution in [3.8, 4) is 0 Å². The van der Waals surface area contributed by atoms with Crippen LogP contribution in [0, 0.1) is 5.92 Å². The van der Waals surface area contributed by atoms with Crippen LogP contribution in [0.15, 0.2) is 0 Å². The molecular weight excluding hydrogens is 422 g/mol. The number of aliphatic carboxylic acids is 1. The summed E-state index contributed by atoms with van der Waals surface area (Å²) in [6, 6.07) is -5.00. The van der Waals surface area contributed by atoms with Crippen molar-refractivity contribution in [1.29, 1.82) is 0 Å². The highest BCUT2D eigenvalue weighted by atomic mass is 16.4. The van der Waals surface area contributed by atoms with Crippen molar-refractivity contribution in [3.05, 3.63) is 0 Å². The fourth-order valence-corrected chi connectivity index (χ4v) is 2.86. The van der Waals surface area contributed by atoms with E-state index < -0.39 is 60.1 Å². The summed E-state index contributed by atoms with van der Waals surface area (Å²) in [7, 11) is 0. The molecule has 0 fully saturated rings. The van der Waals surface area contributed by atoms with Gasteiger partial charge in [0.1, 0.15) is 24.2 Å². The predicted molar refractivity (Wildman–Crippen MR) is 117 cm³/mol. The second kappa shape index (κ2) is 14.7. The quantitative estimate of drug-likeness (QED) is 0.124. The van der Waals surface area contributed by atoms with Crippen LogP contribution in [-0.4, -0.2) is 81.9 Å². The monoisotopic (exact) mass is 461 g/mol. The molecule has 32 heavy (non-hydrogen) atoms. The minimum atomic E-state index is -1.44. The Bertz CT molecular complexity index is 627. The Morgan fingerprint density at radius 3 is 1.81 bits per heavy atom. The molecule has 0 saturated heterocycles. The molecule has 0 bridgehead atoms. The Morgan fingerprint density at radius 1 is 0.812 bits per heavy atom. The first-order valence-corrected chi connectivity index (χ1v) is 10.8. The fraction of sp³-hybridized carbons (Fsp3) is 0.800. The van der Waals surface area contributed by atoms with E-state index in [2.05, 4.69) is 16.0 Å². The fourth-order valence-electron chi connectivity index (χ4n) is 2.86. The number of hydrogen-bond acceptors (Lipinski definition) is 8. The normalized spacial score (nSPS) is 16.9. The summed E-state index contributed by atoms with van der Waals surface area (Å²) >= 11 is 0. The van der Waals surface area contributed by atoms with Gasteiger partial charge in [-0.15, -0.1) is 0 Å². The van der Waals surface area contributed by atoms with E-state index >= 15 is 0 Å². The maximum atomic E-state index is 12.8. The summed E-state index contributed by atoms with van der Waals surface area (Å²) in [4.78, 5) is 49.1. The SMILES string of the molecule is CC(C)CC(NC(=O)C(CCCCN)NC(=O)C(NC(=O)C(N)C(C)O)C(C)O)C(=O)O. The van der Waals surface area contributed by atoms with Gasteiger partial charge in [0.15, 0.2) is 0 Å². The summed E-state index contributed by atoms with van der Waals surface area (Å²) in [6.45, 7) is 6.57. The van der Waals surface area contributed by atoms with Crippen molar-refractivity contribution in [2.45, 2.75) is 89.8 Å². The Morgan fingerprint density at radius 2 is 1.38 bits per heavy atom. The number of aliphatic hydroxyl groups excluding tert-OH is 2. The first-order chi connectivity index (χ1) is 14.8. The molecular formula is C20H39N5O7. The lowest BCUT2D eigenvalue weighted by atomic mass is 10.0. The molecule has 12 nitrogen and oxygen atoms in total. The summed E-state index contributed by atoms with van der Waals surface area (Å²) in [5.41, 5.74) is 11.0. The second-order valence-corrected chi connectivity index (χ2v) is 8.37. The number of unbranched alkanes of at least 4 members (excludes halogenated alkanes) is 1. The number of nitrogens with one attached hydrogen (secondary N) is 3. The van der Waals surface area contributed by atoms with Gasteiger partial charge in [0.05, 0.1) is 12.2 Å². The van der Waals surface area contributed by atoms with Crippen molar-refractivity contribution < 1.29 is 34.5 Å². The first kappa shape index (κ1) is 29.7. The van der Waals surface area contributed by atoms with Crippen LogP contribution in [0.5, 0.6) is 0 Å². The van der Waals surface area contributed by atoms with Crippen LogP contribution in [0.3, 0.4) is 0 Å².